The van der Waals surface area contributed by atoms with Gasteiger partial charge in [-0.3, -0.25) is 23.4 Å². The summed E-state index contributed by atoms with van der Waals surface area (Å²) in [6.07, 6.45) is 35.8. The molecule has 0 aromatic carbocycles. The number of quaternary nitrogens is 1. The van der Waals surface area contributed by atoms with Crippen molar-refractivity contribution in [2.24, 2.45) is 0 Å². The molecule has 0 amide bonds. The van der Waals surface area contributed by atoms with Crippen molar-refractivity contribution in [1.29, 1.82) is 0 Å². The van der Waals surface area contributed by atoms with E-state index in [-0.39, 0.29) is 31.8 Å². The number of unbranched alkanes of at least 4 members (excludes halogenated alkanes) is 14. The smallest absolute Gasteiger partial charge is 0.462 e. The molecule has 0 aliphatic heterocycles. The van der Waals surface area contributed by atoms with Crippen LogP contribution in [0.2, 0.25) is 0 Å². The molecule has 54 heavy (non-hydrogen) atoms. The van der Waals surface area contributed by atoms with Crippen molar-refractivity contribution in [1.82, 2.24) is 0 Å². The Labute approximate surface area is 329 Å². The number of hydrogen-bond acceptors (Lipinski definition) is 8. The third-order valence-corrected chi connectivity index (χ3v) is 9.57. The predicted molar refractivity (Wildman–Crippen MR) is 220 cm³/mol. The molecule has 0 bridgehead atoms. The summed E-state index contributed by atoms with van der Waals surface area (Å²) in [6, 6.07) is 0. The van der Waals surface area contributed by atoms with Gasteiger partial charge in [0.2, 0.25) is 0 Å². The summed E-state index contributed by atoms with van der Waals surface area (Å²) in [7, 11) is 1.40. The number of carbonyl (C=O) groups is 3. The molecule has 0 aliphatic rings. The summed E-state index contributed by atoms with van der Waals surface area (Å²) in [5.41, 5.74) is 0. The highest BCUT2D eigenvalue weighted by Crippen LogP contribution is 2.43. The summed E-state index contributed by atoms with van der Waals surface area (Å²) in [6.45, 7) is 4.15. The molecule has 0 aliphatic carbocycles. The zero-order valence-corrected chi connectivity index (χ0v) is 35.6. The minimum absolute atomic E-state index is 0.0101. The van der Waals surface area contributed by atoms with Gasteiger partial charge in [0.1, 0.15) is 19.8 Å². The number of phosphoric acid groups is 1. The monoisotopic (exact) mass is 783 g/mol. The summed E-state index contributed by atoms with van der Waals surface area (Å²) < 4.78 is 34.1. The van der Waals surface area contributed by atoms with Crippen LogP contribution in [0.5, 0.6) is 0 Å². The Kier molecular flexibility index (Phi) is 33.5. The van der Waals surface area contributed by atoms with E-state index in [2.05, 4.69) is 26.0 Å². The topological polar surface area (TPSA) is 125 Å². The van der Waals surface area contributed by atoms with Crippen molar-refractivity contribution in [2.45, 2.75) is 161 Å². The van der Waals surface area contributed by atoms with Gasteiger partial charge in [-0.1, -0.05) is 140 Å². The van der Waals surface area contributed by atoms with Gasteiger partial charge in [-0.15, -0.1) is 0 Å². The Morgan fingerprint density at radius 2 is 1.17 bits per heavy atom. The van der Waals surface area contributed by atoms with Crippen molar-refractivity contribution >= 4 is 25.5 Å². The number of phosphoric ester groups is 1. The van der Waals surface area contributed by atoms with Crippen LogP contribution in [0.25, 0.3) is 0 Å². The lowest BCUT2D eigenvalue weighted by molar-refractivity contribution is -0.870. The zero-order chi connectivity index (χ0) is 40.2. The van der Waals surface area contributed by atoms with Crippen molar-refractivity contribution in [3.05, 3.63) is 48.6 Å². The van der Waals surface area contributed by atoms with E-state index < -0.39 is 32.5 Å². The first-order valence-corrected chi connectivity index (χ1v) is 22.3. The zero-order valence-electron chi connectivity index (χ0n) is 34.7. The molecule has 1 N–H and O–H groups in total. The number of allylic oxidation sites excluding steroid dienone is 8. The maximum Gasteiger partial charge on any atom is 0.472 e. The highest BCUT2D eigenvalue weighted by molar-refractivity contribution is 7.47. The van der Waals surface area contributed by atoms with Crippen LogP contribution in [0, 0.1) is 0 Å². The number of hydrogen-bond donors (Lipinski definition) is 1. The largest absolute Gasteiger partial charge is 0.472 e. The van der Waals surface area contributed by atoms with Crippen LogP contribution in [0.3, 0.4) is 0 Å². The quantitative estimate of drug-likeness (QED) is 0.0125. The molecule has 0 saturated carbocycles. The second kappa shape index (κ2) is 35.1. The SMILES string of the molecule is CCCCCCCCCCCCCCC(=O)OC[C@H](COP(=O)(O)OCC[N+](C)(C)C)OC(=O)CCC/C=C\C/C=C\C/C=C\C=C\C(=O)CCCCC. The van der Waals surface area contributed by atoms with E-state index in [9.17, 15) is 23.8 Å². The van der Waals surface area contributed by atoms with Crippen LogP contribution < -0.4 is 0 Å². The summed E-state index contributed by atoms with van der Waals surface area (Å²) in [5, 5.41) is 0. The number of ketones is 1. The van der Waals surface area contributed by atoms with E-state index in [1.807, 2.05) is 45.4 Å². The molecular weight excluding hydrogens is 705 g/mol. The van der Waals surface area contributed by atoms with Crippen LogP contribution in [0.4, 0.5) is 0 Å². The Balaban J connectivity index is 4.55. The van der Waals surface area contributed by atoms with E-state index in [0.717, 1.165) is 51.4 Å². The van der Waals surface area contributed by atoms with Crippen molar-refractivity contribution in [3.8, 4) is 0 Å². The molecule has 0 heterocycles. The van der Waals surface area contributed by atoms with E-state index in [1.54, 1.807) is 12.2 Å². The van der Waals surface area contributed by atoms with Crippen LogP contribution >= 0.6 is 7.82 Å². The molecule has 0 aromatic rings. The second-order valence-corrected chi connectivity index (χ2v) is 16.5. The van der Waals surface area contributed by atoms with Crippen molar-refractivity contribution in [2.75, 3.05) is 47.5 Å². The minimum Gasteiger partial charge on any atom is -0.462 e. The van der Waals surface area contributed by atoms with Crippen LogP contribution in [-0.2, 0) is 37.5 Å². The molecule has 11 heteroatoms. The lowest BCUT2D eigenvalue weighted by Gasteiger charge is -2.24. The van der Waals surface area contributed by atoms with Gasteiger partial charge in [0.05, 0.1) is 27.7 Å². The molecule has 0 radical (unpaired) electrons. The molecule has 1 unspecified atom stereocenters. The highest BCUT2D eigenvalue weighted by atomic mass is 31.2. The van der Waals surface area contributed by atoms with E-state index in [0.29, 0.717) is 30.3 Å². The lowest BCUT2D eigenvalue weighted by Crippen LogP contribution is -2.37. The first kappa shape index (κ1) is 51.6. The van der Waals surface area contributed by atoms with Crippen molar-refractivity contribution in [3.63, 3.8) is 0 Å². The highest BCUT2D eigenvalue weighted by Gasteiger charge is 2.27. The van der Waals surface area contributed by atoms with Gasteiger partial charge in [-0.05, 0) is 44.6 Å². The molecule has 0 aromatic heterocycles. The third kappa shape index (κ3) is 37.9. The van der Waals surface area contributed by atoms with E-state index in [1.165, 1.54) is 57.8 Å². The van der Waals surface area contributed by atoms with Crippen LogP contribution in [0.1, 0.15) is 155 Å². The maximum atomic E-state index is 12.6. The first-order valence-electron chi connectivity index (χ1n) is 20.8. The Bertz CT molecular complexity index is 1130. The number of ether oxygens (including phenoxy) is 2. The third-order valence-electron chi connectivity index (χ3n) is 8.59. The van der Waals surface area contributed by atoms with Gasteiger partial charge >= 0.3 is 19.8 Å². The number of likely N-dealkylation sites (N-methyl/N-ethyl adjacent to an activating group) is 1. The summed E-state index contributed by atoms with van der Waals surface area (Å²) >= 11 is 0. The van der Waals surface area contributed by atoms with Gasteiger partial charge in [0.15, 0.2) is 11.9 Å². The molecule has 0 fully saturated rings. The van der Waals surface area contributed by atoms with Crippen LogP contribution in [0.15, 0.2) is 48.6 Å². The van der Waals surface area contributed by atoms with Gasteiger partial charge in [-0.2, -0.15) is 0 Å². The van der Waals surface area contributed by atoms with Gasteiger partial charge in [-0.25, -0.2) is 4.57 Å². The second-order valence-electron chi connectivity index (χ2n) is 15.1. The normalized spacial score (nSPS) is 14.0. The summed E-state index contributed by atoms with van der Waals surface area (Å²) in [4.78, 5) is 47.0. The molecule has 2 atom stereocenters. The predicted octanol–water partition coefficient (Wildman–Crippen LogP) is 10.7. The van der Waals surface area contributed by atoms with Crippen LogP contribution in [-0.4, -0.2) is 80.7 Å². The Morgan fingerprint density at radius 1 is 0.630 bits per heavy atom. The Hall–Kier alpha value is -2.36. The molecule has 0 rings (SSSR count). The lowest BCUT2D eigenvalue weighted by atomic mass is 10.0. The number of nitrogens with zero attached hydrogens (tertiary/aromatic N) is 1. The molecule has 10 nitrogen and oxygen atoms in total. The Morgan fingerprint density at radius 3 is 1.80 bits per heavy atom. The van der Waals surface area contributed by atoms with E-state index >= 15 is 0 Å². The fraction of sp³-hybridized carbons (Fsp3) is 0.744. The first-order chi connectivity index (χ1) is 25.9. The fourth-order valence-electron chi connectivity index (χ4n) is 5.25. The minimum atomic E-state index is -4.40. The van der Waals surface area contributed by atoms with Gasteiger partial charge in [0, 0.05) is 19.3 Å². The van der Waals surface area contributed by atoms with Gasteiger partial charge in [0.25, 0.3) is 0 Å². The maximum absolute atomic E-state index is 12.6. The van der Waals surface area contributed by atoms with Gasteiger partial charge < -0.3 is 18.9 Å². The fourth-order valence-corrected chi connectivity index (χ4v) is 6.00. The number of rotatable bonds is 37. The average molecular weight is 783 g/mol. The number of esters is 2. The standard InChI is InChI=1S/C43H76NO9P/c1-6-8-10-11-12-13-14-17-20-23-26-30-34-42(46)50-38-41(39-52-54(48,49)51-37-36-44(3,4)5)53-43(47)35-31-27-24-21-18-15-16-19-22-25-29-33-40(45)32-28-9-7-2/h15-16,21-22,24-25,29,33,41H,6-14,17-20,23,26-28,30-32,34-39H2,1-5H3/p+1/b16-15-,24-21-,25-22-,33-29+/t41-/m1/s1. The average Bonchev–Trinajstić information content (AvgIpc) is 3.11. The molecule has 0 spiro atoms. The molecule has 0 saturated heterocycles. The van der Waals surface area contributed by atoms with E-state index in [4.69, 9.17) is 18.5 Å². The number of carbonyl (C=O) groups excluding carboxylic acids is 3. The molecular formula is C43H77NO9P+. The molecule has 312 valence electrons. The van der Waals surface area contributed by atoms with Crippen molar-refractivity contribution < 1.29 is 46.8 Å². The summed E-state index contributed by atoms with van der Waals surface area (Å²) in [5.74, 6) is -0.732.